The molecule has 34 heavy (non-hydrogen) atoms. The molecule has 0 spiro atoms. The van der Waals surface area contributed by atoms with Gasteiger partial charge in [-0.1, -0.05) is 42.2 Å². The van der Waals surface area contributed by atoms with E-state index in [1.54, 1.807) is 30.5 Å². The lowest BCUT2D eigenvalue weighted by Gasteiger charge is -2.35. The van der Waals surface area contributed by atoms with E-state index in [1.165, 1.54) is 33.2 Å². The molecule has 0 saturated carbocycles. The number of halogens is 1. The van der Waals surface area contributed by atoms with E-state index >= 15 is 0 Å². The fourth-order valence-electron chi connectivity index (χ4n) is 4.39. The summed E-state index contributed by atoms with van der Waals surface area (Å²) in [7, 11) is 0. The fraction of sp³-hybridized carbons (Fsp3) is 0.280. The van der Waals surface area contributed by atoms with E-state index in [1.807, 2.05) is 12.1 Å². The standard InChI is InChI=1S/C25H23FN4O2S2/c1-16-6-2-4-12-28(16)22-19(23(31)29-13-5-3-7-21(29)27-22)14-20-24(32)30(25(33)34-20)15-17-8-10-18(26)11-9-17/h3,5,7-11,13-14,16H,2,4,6,12,15H2,1H3/b20-14+. The van der Waals surface area contributed by atoms with Crippen molar-refractivity contribution in [2.75, 3.05) is 11.4 Å². The molecule has 0 bridgehead atoms. The highest BCUT2D eigenvalue weighted by molar-refractivity contribution is 8.26. The van der Waals surface area contributed by atoms with Gasteiger partial charge < -0.3 is 4.90 Å². The minimum atomic E-state index is -0.335. The second-order valence-corrected chi connectivity index (χ2v) is 10.2. The van der Waals surface area contributed by atoms with Gasteiger partial charge in [-0.15, -0.1) is 0 Å². The Balaban J connectivity index is 1.56. The zero-order chi connectivity index (χ0) is 23.8. The lowest BCUT2D eigenvalue weighted by atomic mass is 10.0. The van der Waals surface area contributed by atoms with Gasteiger partial charge in [0.25, 0.3) is 11.5 Å². The van der Waals surface area contributed by atoms with Crippen LogP contribution in [0.25, 0.3) is 11.7 Å². The Morgan fingerprint density at radius 2 is 1.97 bits per heavy atom. The van der Waals surface area contributed by atoms with Crippen LogP contribution in [0, 0.1) is 5.82 Å². The van der Waals surface area contributed by atoms with Crippen molar-refractivity contribution in [2.45, 2.75) is 38.8 Å². The Labute approximate surface area is 206 Å². The van der Waals surface area contributed by atoms with Crippen LogP contribution in [0.2, 0.25) is 0 Å². The Morgan fingerprint density at radius 3 is 2.74 bits per heavy atom. The number of rotatable bonds is 4. The summed E-state index contributed by atoms with van der Waals surface area (Å²) in [4.78, 5) is 35.6. The van der Waals surface area contributed by atoms with Crippen LogP contribution >= 0.6 is 24.0 Å². The number of fused-ring (bicyclic) bond motifs is 1. The van der Waals surface area contributed by atoms with E-state index in [2.05, 4.69) is 11.8 Å². The number of hydrogen-bond acceptors (Lipinski definition) is 6. The van der Waals surface area contributed by atoms with Crippen molar-refractivity contribution < 1.29 is 9.18 Å². The first-order valence-corrected chi connectivity index (χ1v) is 12.4. The van der Waals surface area contributed by atoms with Gasteiger partial charge >= 0.3 is 0 Å². The Hall–Kier alpha value is -3.04. The zero-order valence-electron chi connectivity index (χ0n) is 18.6. The molecule has 2 aromatic heterocycles. The molecule has 0 aliphatic carbocycles. The summed E-state index contributed by atoms with van der Waals surface area (Å²) in [6, 6.07) is 11.7. The Bertz CT molecular complexity index is 1370. The van der Waals surface area contributed by atoms with Crippen LogP contribution in [0.5, 0.6) is 0 Å². The number of anilines is 1. The van der Waals surface area contributed by atoms with E-state index in [4.69, 9.17) is 17.2 Å². The van der Waals surface area contributed by atoms with Gasteiger partial charge in [0.05, 0.1) is 17.0 Å². The van der Waals surface area contributed by atoms with Gasteiger partial charge in [0.15, 0.2) is 0 Å². The molecule has 6 nitrogen and oxygen atoms in total. The predicted molar refractivity (Wildman–Crippen MR) is 137 cm³/mol. The molecule has 1 amide bonds. The molecule has 4 heterocycles. The van der Waals surface area contributed by atoms with Crippen LogP contribution in [-0.4, -0.2) is 37.1 Å². The number of piperidine rings is 1. The average Bonchev–Trinajstić information content (AvgIpc) is 3.10. The third-order valence-corrected chi connectivity index (χ3v) is 7.60. The fourth-order valence-corrected chi connectivity index (χ4v) is 5.63. The SMILES string of the molecule is CC1CCCCN1c1nc2ccccn2c(=O)c1/C=C1/SC(=S)N(Cc2ccc(F)cc2)C1=O. The van der Waals surface area contributed by atoms with Gasteiger partial charge in [-0.25, -0.2) is 9.37 Å². The molecule has 3 aromatic rings. The molecule has 2 aliphatic heterocycles. The van der Waals surface area contributed by atoms with Gasteiger partial charge in [-0.2, -0.15) is 0 Å². The number of carbonyl (C=O) groups is 1. The highest BCUT2D eigenvalue weighted by atomic mass is 32.2. The molecule has 1 aromatic carbocycles. The van der Waals surface area contributed by atoms with Crippen LogP contribution < -0.4 is 10.5 Å². The first kappa shape index (κ1) is 22.7. The topological polar surface area (TPSA) is 57.9 Å². The molecule has 1 unspecified atom stereocenters. The average molecular weight is 495 g/mol. The summed E-state index contributed by atoms with van der Waals surface area (Å²) >= 11 is 6.64. The van der Waals surface area contributed by atoms with E-state index in [0.717, 1.165) is 31.4 Å². The summed E-state index contributed by atoms with van der Waals surface area (Å²) in [5.74, 6) is -0.000450. The molecule has 5 rings (SSSR count). The van der Waals surface area contributed by atoms with Crippen molar-refractivity contribution in [1.29, 1.82) is 0 Å². The molecule has 174 valence electrons. The van der Waals surface area contributed by atoms with E-state index in [9.17, 15) is 14.0 Å². The number of thioether (sulfide) groups is 1. The van der Waals surface area contributed by atoms with Crippen molar-refractivity contribution >= 4 is 51.7 Å². The van der Waals surface area contributed by atoms with Gasteiger partial charge in [0.1, 0.15) is 21.6 Å². The van der Waals surface area contributed by atoms with Gasteiger partial charge in [0, 0.05) is 18.8 Å². The summed E-state index contributed by atoms with van der Waals surface area (Å²) < 4.78 is 15.2. The molecule has 0 radical (unpaired) electrons. The minimum Gasteiger partial charge on any atom is -0.353 e. The molecule has 2 aliphatic rings. The molecule has 2 saturated heterocycles. The number of nitrogens with zero attached hydrogens (tertiary/aromatic N) is 4. The van der Waals surface area contributed by atoms with Crippen molar-refractivity contribution in [3.63, 3.8) is 0 Å². The number of carbonyl (C=O) groups excluding carboxylic acids is 1. The van der Waals surface area contributed by atoms with Crippen LogP contribution in [0.4, 0.5) is 10.2 Å². The highest BCUT2D eigenvalue weighted by Crippen LogP contribution is 2.35. The lowest BCUT2D eigenvalue weighted by molar-refractivity contribution is -0.122. The van der Waals surface area contributed by atoms with Crippen LogP contribution in [0.3, 0.4) is 0 Å². The van der Waals surface area contributed by atoms with E-state index in [-0.39, 0.29) is 29.9 Å². The Kier molecular flexibility index (Phi) is 6.22. The predicted octanol–water partition coefficient (Wildman–Crippen LogP) is 4.61. The second-order valence-electron chi connectivity index (χ2n) is 8.52. The maximum Gasteiger partial charge on any atom is 0.267 e. The molecule has 0 N–H and O–H groups in total. The number of hydrogen-bond donors (Lipinski definition) is 0. The lowest BCUT2D eigenvalue weighted by Crippen LogP contribution is -2.40. The number of benzene rings is 1. The molecule has 2 fully saturated rings. The maximum atomic E-state index is 13.5. The Morgan fingerprint density at radius 1 is 1.18 bits per heavy atom. The molecular formula is C25H23FN4O2S2. The van der Waals surface area contributed by atoms with Crippen LogP contribution in [0.15, 0.2) is 58.4 Å². The van der Waals surface area contributed by atoms with Crippen LogP contribution in [0.1, 0.15) is 37.3 Å². The smallest absolute Gasteiger partial charge is 0.267 e. The first-order valence-electron chi connectivity index (χ1n) is 11.2. The number of thiocarbonyl (C=S) groups is 1. The van der Waals surface area contributed by atoms with Gasteiger partial charge in [-0.3, -0.25) is 18.9 Å². The highest BCUT2D eigenvalue weighted by Gasteiger charge is 2.33. The number of aromatic nitrogens is 2. The van der Waals surface area contributed by atoms with E-state index in [0.29, 0.717) is 26.3 Å². The quantitative estimate of drug-likeness (QED) is 0.390. The maximum absolute atomic E-state index is 13.5. The third-order valence-electron chi connectivity index (χ3n) is 6.23. The summed E-state index contributed by atoms with van der Waals surface area (Å²) in [5, 5.41) is 0. The normalized spacial score (nSPS) is 20.1. The summed E-state index contributed by atoms with van der Waals surface area (Å²) in [6.45, 7) is 3.19. The number of amides is 1. The summed E-state index contributed by atoms with van der Waals surface area (Å²) in [5.41, 5.74) is 1.51. The van der Waals surface area contributed by atoms with Crippen molar-refractivity contribution in [2.24, 2.45) is 0 Å². The molecule has 1 atom stereocenters. The van der Waals surface area contributed by atoms with Crippen molar-refractivity contribution in [3.8, 4) is 0 Å². The third kappa shape index (κ3) is 4.25. The molecule has 9 heteroatoms. The largest absolute Gasteiger partial charge is 0.353 e. The van der Waals surface area contributed by atoms with Crippen molar-refractivity contribution in [3.05, 3.63) is 80.9 Å². The summed E-state index contributed by atoms with van der Waals surface area (Å²) in [6.07, 6.45) is 6.51. The van der Waals surface area contributed by atoms with Gasteiger partial charge in [0.2, 0.25) is 0 Å². The van der Waals surface area contributed by atoms with Crippen LogP contribution in [-0.2, 0) is 11.3 Å². The van der Waals surface area contributed by atoms with Crippen molar-refractivity contribution in [1.82, 2.24) is 14.3 Å². The monoisotopic (exact) mass is 494 g/mol. The zero-order valence-corrected chi connectivity index (χ0v) is 20.2. The first-order chi connectivity index (χ1) is 16.4. The second kappa shape index (κ2) is 9.31. The van der Waals surface area contributed by atoms with E-state index < -0.39 is 0 Å². The molecular weight excluding hydrogens is 471 g/mol. The number of pyridine rings is 1. The van der Waals surface area contributed by atoms with Gasteiger partial charge in [-0.05, 0) is 62.1 Å². The minimum absolute atomic E-state index is 0.220.